The number of nitrogens with zero attached hydrogens (tertiary/aromatic N) is 1. The van der Waals surface area contributed by atoms with Crippen molar-refractivity contribution in [2.24, 2.45) is 0 Å². The van der Waals surface area contributed by atoms with E-state index >= 15 is 0 Å². The van der Waals surface area contributed by atoms with Crippen LogP contribution < -0.4 is 5.32 Å². The second-order valence-electron chi connectivity index (χ2n) is 4.98. The highest BCUT2D eigenvalue weighted by Crippen LogP contribution is 2.14. The largest absolute Gasteiger partial charge is 0.351 e. The van der Waals surface area contributed by atoms with Gasteiger partial charge in [0.25, 0.3) is 0 Å². The number of likely N-dealkylation sites (N-methyl/N-ethyl adjacent to an activating group) is 1. The molecular formula is C16H17FN2O3S. The van der Waals surface area contributed by atoms with Gasteiger partial charge in [-0.2, -0.15) is 4.31 Å². The minimum absolute atomic E-state index is 0.0581. The number of benzene rings is 2. The van der Waals surface area contributed by atoms with Gasteiger partial charge in [0.2, 0.25) is 15.9 Å². The third kappa shape index (κ3) is 4.61. The van der Waals surface area contributed by atoms with Crippen molar-refractivity contribution < 1.29 is 17.6 Å². The van der Waals surface area contributed by atoms with Crippen molar-refractivity contribution in [3.05, 3.63) is 66.0 Å². The van der Waals surface area contributed by atoms with Crippen LogP contribution in [0, 0.1) is 5.82 Å². The molecule has 7 heteroatoms. The van der Waals surface area contributed by atoms with E-state index in [0.717, 1.165) is 22.0 Å². The van der Waals surface area contributed by atoms with Gasteiger partial charge in [0, 0.05) is 13.6 Å². The first-order valence-corrected chi connectivity index (χ1v) is 8.36. The maximum atomic E-state index is 12.9. The number of nitrogens with one attached hydrogen (secondary N) is 1. The zero-order valence-electron chi connectivity index (χ0n) is 12.6. The highest BCUT2D eigenvalue weighted by Gasteiger charge is 2.22. The van der Waals surface area contributed by atoms with Crippen molar-refractivity contribution in [3.8, 4) is 0 Å². The van der Waals surface area contributed by atoms with Gasteiger partial charge >= 0.3 is 0 Å². The molecule has 0 spiro atoms. The number of sulfonamides is 1. The van der Waals surface area contributed by atoms with E-state index in [1.165, 1.54) is 19.2 Å². The first-order chi connectivity index (χ1) is 10.9. The maximum absolute atomic E-state index is 12.9. The third-order valence-corrected chi connectivity index (χ3v) is 5.04. The highest BCUT2D eigenvalue weighted by atomic mass is 32.2. The molecule has 0 atom stereocenters. The summed E-state index contributed by atoms with van der Waals surface area (Å²) in [6.45, 7) is 0.0106. The summed E-state index contributed by atoms with van der Waals surface area (Å²) < 4.78 is 38.4. The molecule has 1 amide bonds. The van der Waals surface area contributed by atoms with Crippen molar-refractivity contribution in [2.45, 2.75) is 11.4 Å². The molecule has 0 bridgehead atoms. The summed E-state index contributed by atoms with van der Waals surface area (Å²) in [6, 6.07) is 13.8. The molecule has 0 aliphatic rings. The quantitative estimate of drug-likeness (QED) is 0.874. The van der Waals surface area contributed by atoms with Gasteiger partial charge in [-0.05, 0) is 29.8 Å². The molecule has 122 valence electrons. The number of rotatable bonds is 6. The first kappa shape index (κ1) is 17.1. The van der Waals surface area contributed by atoms with Crippen LogP contribution in [0.25, 0.3) is 0 Å². The van der Waals surface area contributed by atoms with Gasteiger partial charge in [-0.1, -0.05) is 30.3 Å². The van der Waals surface area contributed by atoms with Gasteiger partial charge in [-0.3, -0.25) is 4.79 Å². The van der Waals surface area contributed by atoms with Crippen LogP contribution in [0.1, 0.15) is 5.56 Å². The van der Waals surface area contributed by atoms with Gasteiger partial charge in [0.15, 0.2) is 0 Å². The fourth-order valence-electron chi connectivity index (χ4n) is 1.93. The molecule has 0 fully saturated rings. The van der Waals surface area contributed by atoms with Crippen LogP contribution in [0.5, 0.6) is 0 Å². The topological polar surface area (TPSA) is 66.5 Å². The molecule has 2 aromatic carbocycles. The van der Waals surface area contributed by atoms with Crippen molar-refractivity contribution in [3.63, 3.8) is 0 Å². The SMILES string of the molecule is CN(CC(=O)NCc1ccccc1)S(=O)(=O)c1ccc(F)cc1. The van der Waals surface area contributed by atoms with Crippen LogP contribution in [0.4, 0.5) is 4.39 Å². The van der Waals surface area contributed by atoms with E-state index in [9.17, 15) is 17.6 Å². The van der Waals surface area contributed by atoms with E-state index in [1.54, 1.807) is 0 Å². The normalized spacial score (nSPS) is 11.4. The fraction of sp³-hybridized carbons (Fsp3) is 0.188. The monoisotopic (exact) mass is 336 g/mol. The van der Waals surface area contributed by atoms with Gasteiger partial charge in [0.05, 0.1) is 11.4 Å². The van der Waals surface area contributed by atoms with Gasteiger partial charge in [0.1, 0.15) is 5.82 Å². The van der Waals surface area contributed by atoms with Crippen molar-refractivity contribution >= 4 is 15.9 Å². The number of hydrogen-bond donors (Lipinski definition) is 1. The lowest BCUT2D eigenvalue weighted by Crippen LogP contribution is -2.38. The van der Waals surface area contributed by atoms with E-state index in [2.05, 4.69) is 5.32 Å². The van der Waals surface area contributed by atoms with Gasteiger partial charge < -0.3 is 5.32 Å². The molecule has 1 N–H and O–H groups in total. The number of halogens is 1. The molecule has 0 saturated carbocycles. The number of carbonyl (C=O) groups is 1. The lowest BCUT2D eigenvalue weighted by molar-refractivity contribution is -0.121. The lowest BCUT2D eigenvalue weighted by Gasteiger charge is -2.17. The van der Waals surface area contributed by atoms with Gasteiger partial charge in [-0.25, -0.2) is 12.8 Å². The van der Waals surface area contributed by atoms with Crippen LogP contribution >= 0.6 is 0 Å². The Labute approximate surface area is 134 Å². The standard InChI is InChI=1S/C16H17FN2O3S/c1-19(23(21,22)15-9-7-14(17)8-10-15)12-16(20)18-11-13-5-3-2-4-6-13/h2-10H,11-12H2,1H3,(H,18,20). The van der Waals surface area contributed by atoms with E-state index in [0.29, 0.717) is 6.54 Å². The summed E-state index contributed by atoms with van der Waals surface area (Å²) in [5.74, 6) is -0.936. The molecule has 0 aliphatic carbocycles. The Bertz CT molecular complexity index is 762. The van der Waals surface area contributed by atoms with Crippen LogP contribution in [-0.2, 0) is 21.4 Å². The van der Waals surface area contributed by atoms with Crippen LogP contribution in [-0.4, -0.2) is 32.2 Å². The molecule has 0 saturated heterocycles. The predicted octanol–water partition coefficient (Wildman–Crippen LogP) is 1.76. The van der Waals surface area contributed by atoms with E-state index in [1.807, 2.05) is 30.3 Å². The number of carbonyl (C=O) groups excluding carboxylic acids is 1. The van der Waals surface area contributed by atoms with Gasteiger partial charge in [-0.15, -0.1) is 0 Å². The molecular weight excluding hydrogens is 319 g/mol. The van der Waals surface area contributed by atoms with E-state index < -0.39 is 21.7 Å². The number of amides is 1. The zero-order valence-corrected chi connectivity index (χ0v) is 13.4. The summed E-state index contributed by atoms with van der Waals surface area (Å²) in [4.78, 5) is 11.8. The first-order valence-electron chi connectivity index (χ1n) is 6.92. The molecule has 23 heavy (non-hydrogen) atoms. The van der Waals surface area contributed by atoms with Crippen LogP contribution in [0.3, 0.4) is 0 Å². The smallest absolute Gasteiger partial charge is 0.243 e. The third-order valence-electron chi connectivity index (χ3n) is 3.22. The van der Waals surface area contributed by atoms with Crippen molar-refractivity contribution in [1.82, 2.24) is 9.62 Å². The van der Waals surface area contributed by atoms with Crippen LogP contribution in [0.15, 0.2) is 59.5 Å². The molecule has 2 rings (SSSR count). The molecule has 2 aromatic rings. The van der Waals surface area contributed by atoms with Crippen molar-refractivity contribution in [2.75, 3.05) is 13.6 Å². The Balaban J connectivity index is 1.96. The molecule has 0 aliphatic heterocycles. The average Bonchev–Trinajstić information content (AvgIpc) is 2.54. The van der Waals surface area contributed by atoms with E-state index in [-0.39, 0.29) is 11.4 Å². The Hall–Kier alpha value is -2.25. The maximum Gasteiger partial charge on any atom is 0.243 e. The summed E-state index contributed by atoms with van der Waals surface area (Å²) in [7, 11) is -2.52. The summed E-state index contributed by atoms with van der Waals surface area (Å²) in [5.41, 5.74) is 0.921. The van der Waals surface area contributed by atoms with E-state index in [4.69, 9.17) is 0 Å². The number of hydrogen-bond acceptors (Lipinski definition) is 3. The second-order valence-corrected chi connectivity index (χ2v) is 7.02. The summed E-state index contributed by atoms with van der Waals surface area (Å²) in [5, 5.41) is 2.66. The lowest BCUT2D eigenvalue weighted by atomic mass is 10.2. The average molecular weight is 336 g/mol. The molecule has 5 nitrogen and oxygen atoms in total. The Morgan fingerprint density at radius 2 is 1.70 bits per heavy atom. The predicted molar refractivity (Wildman–Crippen MR) is 84.5 cm³/mol. The minimum atomic E-state index is -3.83. The minimum Gasteiger partial charge on any atom is -0.351 e. The molecule has 0 aromatic heterocycles. The Kier molecular flexibility index (Phi) is 5.46. The van der Waals surface area contributed by atoms with Crippen molar-refractivity contribution in [1.29, 1.82) is 0 Å². The highest BCUT2D eigenvalue weighted by molar-refractivity contribution is 7.89. The Morgan fingerprint density at radius 1 is 1.09 bits per heavy atom. The van der Waals surface area contributed by atoms with Crippen LogP contribution in [0.2, 0.25) is 0 Å². The second kappa shape index (κ2) is 7.34. The fourth-order valence-corrected chi connectivity index (χ4v) is 3.05. The Morgan fingerprint density at radius 3 is 2.30 bits per heavy atom. The molecule has 0 radical (unpaired) electrons. The molecule has 0 heterocycles. The summed E-state index contributed by atoms with van der Waals surface area (Å²) in [6.07, 6.45) is 0. The zero-order chi connectivity index (χ0) is 16.9. The summed E-state index contributed by atoms with van der Waals surface area (Å²) >= 11 is 0. The molecule has 0 unspecified atom stereocenters.